The Morgan fingerprint density at radius 1 is 1.29 bits per heavy atom. The normalized spacial score (nSPS) is 15.2. The van der Waals surface area contributed by atoms with Gasteiger partial charge in [0.15, 0.2) is 0 Å². The van der Waals surface area contributed by atoms with Crippen LogP contribution in [0.4, 0.5) is 0 Å². The third-order valence-electron chi connectivity index (χ3n) is 3.51. The zero-order chi connectivity index (χ0) is 15.7. The number of amides is 1. The van der Waals surface area contributed by atoms with Crippen LogP contribution >= 0.6 is 0 Å². The summed E-state index contributed by atoms with van der Waals surface area (Å²) < 4.78 is 0. The van der Waals surface area contributed by atoms with E-state index in [1.807, 2.05) is 30.3 Å². The van der Waals surface area contributed by atoms with Crippen LogP contribution in [0.15, 0.2) is 30.3 Å². The lowest BCUT2D eigenvalue weighted by molar-refractivity contribution is -0.123. The van der Waals surface area contributed by atoms with Crippen molar-refractivity contribution in [1.82, 2.24) is 5.32 Å². The summed E-state index contributed by atoms with van der Waals surface area (Å²) in [7, 11) is 0. The average molecular weight is 293 g/mol. The van der Waals surface area contributed by atoms with Gasteiger partial charge in [0.05, 0.1) is 18.2 Å². The van der Waals surface area contributed by atoms with Gasteiger partial charge in [-0.05, 0) is 38.3 Å². The standard InChI is InChI=1S/C16H27N3O2/c1-12(20)15(9-5-6-10-17)19-16(21)14(18)11-13-7-3-2-4-8-13/h2-4,7-8,12,14-15,20H,5-6,9-11,17-18H2,1H3,(H,19,21). The minimum absolute atomic E-state index is 0.225. The van der Waals surface area contributed by atoms with Crippen molar-refractivity contribution >= 4 is 5.91 Å². The zero-order valence-corrected chi connectivity index (χ0v) is 12.7. The van der Waals surface area contributed by atoms with Gasteiger partial charge in [0.2, 0.25) is 5.91 Å². The molecule has 0 aliphatic heterocycles. The van der Waals surface area contributed by atoms with Gasteiger partial charge in [-0.3, -0.25) is 4.79 Å². The molecule has 0 aromatic heterocycles. The van der Waals surface area contributed by atoms with Gasteiger partial charge in [-0.25, -0.2) is 0 Å². The molecule has 0 radical (unpaired) electrons. The number of unbranched alkanes of at least 4 members (excludes halogenated alkanes) is 1. The quantitative estimate of drug-likeness (QED) is 0.499. The van der Waals surface area contributed by atoms with Crippen molar-refractivity contribution in [3.63, 3.8) is 0 Å². The first-order valence-corrected chi connectivity index (χ1v) is 7.52. The molecular weight excluding hydrogens is 266 g/mol. The van der Waals surface area contributed by atoms with E-state index in [0.29, 0.717) is 19.4 Å². The predicted octanol–water partition coefficient (Wildman–Crippen LogP) is 0.551. The summed E-state index contributed by atoms with van der Waals surface area (Å²) in [4.78, 5) is 12.1. The van der Waals surface area contributed by atoms with Crippen LogP contribution in [0.5, 0.6) is 0 Å². The summed E-state index contributed by atoms with van der Waals surface area (Å²) in [5.41, 5.74) is 12.4. The number of aliphatic hydroxyl groups is 1. The van der Waals surface area contributed by atoms with Gasteiger partial charge in [-0.1, -0.05) is 36.8 Å². The van der Waals surface area contributed by atoms with Crippen LogP contribution in [0, 0.1) is 0 Å². The molecule has 0 spiro atoms. The molecule has 0 saturated heterocycles. The number of nitrogens with two attached hydrogens (primary N) is 2. The topological polar surface area (TPSA) is 101 Å². The molecule has 0 saturated carbocycles. The Hall–Kier alpha value is -1.43. The maximum atomic E-state index is 12.1. The van der Waals surface area contributed by atoms with E-state index in [-0.39, 0.29) is 11.9 Å². The van der Waals surface area contributed by atoms with E-state index < -0.39 is 12.1 Å². The number of benzene rings is 1. The van der Waals surface area contributed by atoms with E-state index in [1.165, 1.54) is 0 Å². The van der Waals surface area contributed by atoms with Crippen molar-refractivity contribution < 1.29 is 9.90 Å². The Labute approximate surface area is 126 Å². The van der Waals surface area contributed by atoms with E-state index in [1.54, 1.807) is 6.92 Å². The number of aliphatic hydroxyl groups excluding tert-OH is 1. The van der Waals surface area contributed by atoms with E-state index in [9.17, 15) is 9.90 Å². The third kappa shape index (κ3) is 6.71. The van der Waals surface area contributed by atoms with Crippen LogP contribution in [0.2, 0.25) is 0 Å². The predicted molar refractivity (Wildman–Crippen MR) is 84.6 cm³/mol. The molecular formula is C16H27N3O2. The number of carbonyl (C=O) groups is 1. The van der Waals surface area contributed by atoms with Crippen molar-refractivity contribution in [2.75, 3.05) is 6.54 Å². The second-order valence-electron chi connectivity index (χ2n) is 5.44. The number of nitrogens with one attached hydrogen (secondary N) is 1. The molecule has 0 fully saturated rings. The molecule has 0 heterocycles. The number of rotatable bonds is 9. The smallest absolute Gasteiger partial charge is 0.237 e. The first-order valence-electron chi connectivity index (χ1n) is 7.52. The molecule has 1 aromatic rings. The van der Waals surface area contributed by atoms with E-state index >= 15 is 0 Å². The largest absolute Gasteiger partial charge is 0.391 e. The monoisotopic (exact) mass is 293 g/mol. The summed E-state index contributed by atoms with van der Waals surface area (Å²) in [6, 6.07) is 8.78. The van der Waals surface area contributed by atoms with Gasteiger partial charge in [0.25, 0.3) is 0 Å². The van der Waals surface area contributed by atoms with E-state index in [0.717, 1.165) is 18.4 Å². The summed E-state index contributed by atoms with van der Waals surface area (Å²) in [6.07, 6.45) is 2.35. The molecule has 3 unspecified atom stereocenters. The Bertz CT molecular complexity index is 409. The second kappa shape index (κ2) is 9.50. The fourth-order valence-electron chi connectivity index (χ4n) is 2.19. The molecule has 118 valence electrons. The van der Waals surface area contributed by atoms with Crippen molar-refractivity contribution in [2.24, 2.45) is 11.5 Å². The number of carbonyl (C=O) groups excluding carboxylic acids is 1. The van der Waals surface area contributed by atoms with Gasteiger partial charge < -0.3 is 21.9 Å². The molecule has 1 aromatic carbocycles. The Balaban J connectivity index is 2.48. The average Bonchev–Trinajstić information content (AvgIpc) is 2.47. The van der Waals surface area contributed by atoms with Crippen molar-refractivity contribution in [3.8, 4) is 0 Å². The molecule has 0 aliphatic carbocycles. The van der Waals surface area contributed by atoms with Crippen LogP contribution in [0.25, 0.3) is 0 Å². The minimum atomic E-state index is -0.608. The van der Waals surface area contributed by atoms with Crippen LogP contribution in [-0.4, -0.2) is 35.7 Å². The second-order valence-corrected chi connectivity index (χ2v) is 5.44. The van der Waals surface area contributed by atoms with Crippen molar-refractivity contribution in [2.45, 2.75) is 50.8 Å². The molecule has 5 heteroatoms. The summed E-state index contributed by atoms with van der Waals surface area (Å²) >= 11 is 0. The van der Waals surface area contributed by atoms with Gasteiger partial charge >= 0.3 is 0 Å². The maximum Gasteiger partial charge on any atom is 0.237 e. The molecule has 3 atom stereocenters. The summed E-state index contributed by atoms with van der Waals surface area (Å²) in [6.45, 7) is 2.30. The fraction of sp³-hybridized carbons (Fsp3) is 0.562. The highest BCUT2D eigenvalue weighted by Gasteiger charge is 2.21. The van der Waals surface area contributed by atoms with Gasteiger partial charge in [-0.2, -0.15) is 0 Å². The Morgan fingerprint density at radius 3 is 2.52 bits per heavy atom. The molecule has 1 amide bonds. The maximum absolute atomic E-state index is 12.1. The molecule has 1 rings (SSSR count). The highest BCUT2D eigenvalue weighted by Crippen LogP contribution is 2.07. The van der Waals surface area contributed by atoms with Gasteiger partial charge in [-0.15, -0.1) is 0 Å². The highest BCUT2D eigenvalue weighted by molar-refractivity contribution is 5.82. The van der Waals surface area contributed by atoms with Crippen LogP contribution in [0.3, 0.4) is 0 Å². The first kappa shape index (κ1) is 17.6. The zero-order valence-electron chi connectivity index (χ0n) is 12.7. The number of hydrogen-bond acceptors (Lipinski definition) is 4. The third-order valence-corrected chi connectivity index (χ3v) is 3.51. The van der Waals surface area contributed by atoms with Crippen LogP contribution < -0.4 is 16.8 Å². The van der Waals surface area contributed by atoms with E-state index in [4.69, 9.17) is 11.5 Å². The highest BCUT2D eigenvalue weighted by atomic mass is 16.3. The minimum Gasteiger partial charge on any atom is -0.391 e. The summed E-state index contributed by atoms with van der Waals surface area (Å²) in [5.74, 6) is -0.225. The lowest BCUT2D eigenvalue weighted by Gasteiger charge is -2.23. The lowest BCUT2D eigenvalue weighted by Crippen LogP contribution is -2.49. The number of hydrogen-bond donors (Lipinski definition) is 4. The Kier molecular flexibility index (Phi) is 7.97. The Morgan fingerprint density at radius 2 is 1.95 bits per heavy atom. The molecule has 0 bridgehead atoms. The summed E-state index contributed by atoms with van der Waals surface area (Å²) in [5, 5.41) is 12.6. The van der Waals surface area contributed by atoms with E-state index in [2.05, 4.69) is 5.32 Å². The SMILES string of the molecule is CC(O)C(CCCCN)NC(=O)C(N)Cc1ccccc1. The molecule has 0 aliphatic rings. The van der Waals surface area contributed by atoms with Crippen molar-refractivity contribution in [3.05, 3.63) is 35.9 Å². The molecule has 5 nitrogen and oxygen atoms in total. The lowest BCUT2D eigenvalue weighted by atomic mass is 10.0. The molecule has 6 N–H and O–H groups in total. The fourth-order valence-corrected chi connectivity index (χ4v) is 2.19. The van der Waals surface area contributed by atoms with Crippen LogP contribution in [0.1, 0.15) is 31.7 Å². The van der Waals surface area contributed by atoms with Crippen molar-refractivity contribution in [1.29, 1.82) is 0 Å². The van der Waals surface area contributed by atoms with Gasteiger partial charge in [0, 0.05) is 0 Å². The first-order chi connectivity index (χ1) is 10.0. The van der Waals surface area contributed by atoms with Crippen LogP contribution in [-0.2, 0) is 11.2 Å². The van der Waals surface area contributed by atoms with Gasteiger partial charge in [0.1, 0.15) is 0 Å². The molecule has 21 heavy (non-hydrogen) atoms.